The van der Waals surface area contributed by atoms with Crippen LogP contribution in [0.15, 0.2) is 36.4 Å². The summed E-state index contributed by atoms with van der Waals surface area (Å²) in [5.41, 5.74) is 0.506. The summed E-state index contributed by atoms with van der Waals surface area (Å²) in [7, 11) is 2.83. The first-order chi connectivity index (χ1) is 16.7. The number of esters is 1. The molecule has 0 amide bonds. The van der Waals surface area contributed by atoms with E-state index in [-0.39, 0.29) is 35.2 Å². The molecule has 7 nitrogen and oxygen atoms in total. The van der Waals surface area contributed by atoms with Gasteiger partial charge >= 0.3 is 5.97 Å². The maximum absolute atomic E-state index is 14.2. The monoisotopic (exact) mass is 497 g/mol. The molecule has 184 valence electrons. The molecule has 6 unspecified atom stereocenters. The summed E-state index contributed by atoms with van der Waals surface area (Å²) in [6.45, 7) is 3.66. The molecule has 8 heteroatoms. The predicted octanol–water partition coefficient (Wildman–Crippen LogP) is 3.88. The summed E-state index contributed by atoms with van der Waals surface area (Å²) in [4.78, 5) is 40.6. The SMILES string of the molecule is COC(=O)C1CC(c2ccccc2)C2C(=O)CC(C)C3(Oc4c(Cl)c(C)cc(OC)c4C3=O)C2N1. The van der Waals surface area contributed by atoms with E-state index in [0.29, 0.717) is 17.2 Å². The van der Waals surface area contributed by atoms with Crippen molar-refractivity contribution in [3.63, 3.8) is 0 Å². The number of rotatable bonds is 3. The van der Waals surface area contributed by atoms with E-state index in [9.17, 15) is 14.4 Å². The Bertz CT molecular complexity index is 1210. The highest BCUT2D eigenvalue weighted by atomic mass is 35.5. The Labute approximate surface area is 209 Å². The predicted molar refractivity (Wildman–Crippen MR) is 129 cm³/mol. The van der Waals surface area contributed by atoms with Crippen LogP contribution >= 0.6 is 11.6 Å². The van der Waals surface area contributed by atoms with Crippen molar-refractivity contribution in [2.75, 3.05) is 14.2 Å². The highest BCUT2D eigenvalue weighted by molar-refractivity contribution is 6.34. The van der Waals surface area contributed by atoms with Crippen LogP contribution in [-0.2, 0) is 14.3 Å². The highest BCUT2D eigenvalue weighted by Crippen LogP contribution is 2.55. The van der Waals surface area contributed by atoms with Crippen LogP contribution in [0.2, 0.25) is 5.02 Å². The van der Waals surface area contributed by atoms with E-state index in [1.54, 1.807) is 6.07 Å². The van der Waals surface area contributed by atoms with E-state index in [4.69, 9.17) is 25.8 Å². The fourth-order valence-corrected chi connectivity index (χ4v) is 6.40. The van der Waals surface area contributed by atoms with E-state index in [1.807, 2.05) is 44.2 Å². The van der Waals surface area contributed by atoms with Gasteiger partial charge < -0.3 is 14.2 Å². The number of Topliss-reactive ketones (excluding diaryl/α,β-unsaturated/α-hetero) is 2. The molecule has 35 heavy (non-hydrogen) atoms. The van der Waals surface area contributed by atoms with Crippen LogP contribution in [0, 0.1) is 18.8 Å². The Kier molecular flexibility index (Phi) is 5.88. The molecule has 0 aromatic heterocycles. The van der Waals surface area contributed by atoms with Gasteiger partial charge in [-0.2, -0.15) is 0 Å². The van der Waals surface area contributed by atoms with Crippen molar-refractivity contribution < 1.29 is 28.6 Å². The average molecular weight is 498 g/mol. The van der Waals surface area contributed by atoms with Crippen molar-refractivity contribution in [2.45, 2.75) is 50.3 Å². The molecule has 2 aromatic carbocycles. The number of benzene rings is 2. The lowest BCUT2D eigenvalue weighted by atomic mass is 9.58. The third-order valence-corrected chi connectivity index (χ3v) is 8.36. The maximum atomic E-state index is 14.2. The van der Waals surface area contributed by atoms with E-state index in [1.165, 1.54) is 14.2 Å². The number of methoxy groups -OCH3 is 2. The first-order valence-corrected chi connectivity index (χ1v) is 12.1. The molecule has 1 spiro atoms. The van der Waals surface area contributed by atoms with Crippen molar-refractivity contribution in [2.24, 2.45) is 11.8 Å². The van der Waals surface area contributed by atoms with Crippen molar-refractivity contribution >= 4 is 29.1 Å². The average Bonchev–Trinajstić information content (AvgIpc) is 3.18. The third kappa shape index (κ3) is 3.39. The van der Waals surface area contributed by atoms with E-state index < -0.39 is 35.5 Å². The zero-order chi connectivity index (χ0) is 25.1. The van der Waals surface area contributed by atoms with Gasteiger partial charge in [-0.15, -0.1) is 0 Å². The van der Waals surface area contributed by atoms with Gasteiger partial charge in [0.15, 0.2) is 11.4 Å². The molecule has 1 N–H and O–H groups in total. The molecule has 3 aliphatic rings. The number of aryl methyl sites for hydroxylation is 1. The molecular weight excluding hydrogens is 470 g/mol. The van der Waals surface area contributed by atoms with Crippen LogP contribution in [0.3, 0.4) is 0 Å². The molecule has 6 atom stereocenters. The lowest BCUT2D eigenvalue weighted by Crippen LogP contribution is -2.73. The number of piperidine rings is 1. The minimum atomic E-state index is -1.43. The standard InChI is InChI=1S/C27H28ClNO6/c1-13-10-19(33-3)21-23(22(13)28)35-27(25(21)31)14(2)11-18(30)20-16(15-8-6-5-7-9-15)12-17(26(32)34-4)29-24(20)27/h5-10,14,16-17,20,24,29H,11-12H2,1-4H3. The van der Waals surface area contributed by atoms with Gasteiger partial charge in [0, 0.05) is 18.3 Å². The summed E-state index contributed by atoms with van der Waals surface area (Å²) in [6.07, 6.45) is 0.548. The third-order valence-electron chi connectivity index (χ3n) is 7.89. The van der Waals surface area contributed by atoms with Gasteiger partial charge in [0.2, 0.25) is 5.78 Å². The number of ether oxygens (including phenoxy) is 3. The Hall–Kier alpha value is -2.90. The van der Waals surface area contributed by atoms with Gasteiger partial charge in [0.1, 0.15) is 23.1 Å². The Morgan fingerprint density at radius 2 is 1.91 bits per heavy atom. The number of hydrogen-bond acceptors (Lipinski definition) is 7. The molecule has 2 fully saturated rings. The zero-order valence-electron chi connectivity index (χ0n) is 20.1. The van der Waals surface area contributed by atoms with Crippen molar-refractivity contribution in [3.05, 3.63) is 58.1 Å². The Morgan fingerprint density at radius 1 is 1.20 bits per heavy atom. The molecule has 2 aromatic rings. The van der Waals surface area contributed by atoms with Crippen LogP contribution in [0.5, 0.6) is 11.5 Å². The number of fused-ring (bicyclic) bond motifs is 3. The number of carbonyl (C=O) groups is 3. The fraction of sp³-hybridized carbons (Fsp3) is 0.444. The minimum Gasteiger partial charge on any atom is -0.496 e. The largest absolute Gasteiger partial charge is 0.496 e. The molecule has 0 radical (unpaired) electrons. The van der Waals surface area contributed by atoms with Crippen LogP contribution in [0.25, 0.3) is 0 Å². The van der Waals surface area contributed by atoms with E-state index in [2.05, 4.69) is 5.32 Å². The minimum absolute atomic E-state index is 0.0411. The molecule has 1 saturated heterocycles. The second-order valence-corrected chi connectivity index (χ2v) is 10.1. The second-order valence-electron chi connectivity index (χ2n) is 9.71. The summed E-state index contributed by atoms with van der Waals surface area (Å²) in [5.74, 6) is -1.36. The van der Waals surface area contributed by atoms with Gasteiger partial charge in [-0.1, -0.05) is 48.9 Å². The Morgan fingerprint density at radius 3 is 2.57 bits per heavy atom. The zero-order valence-corrected chi connectivity index (χ0v) is 20.8. The van der Waals surface area contributed by atoms with Gasteiger partial charge in [-0.05, 0) is 36.5 Å². The molecule has 2 heterocycles. The fourth-order valence-electron chi connectivity index (χ4n) is 6.21. The van der Waals surface area contributed by atoms with Gasteiger partial charge in [0.25, 0.3) is 0 Å². The molecule has 2 aliphatic heterocycles. The summed E-state index contributed by atoms with van der Waals surface area (Å²) in [6, 6.07) is 9.88. The normalized spacial score (nSPS) is 31.5. The molecular formula is C27H28ClNO6. The van der Waals surface area contributed by atoms with Crippen LogP contribution in [0.1, 0.15) is 47.2 Å². The second kappa shape index (κ2) is 8.64. The summed E-state index contributed by atoms with van der Waals surface area (Å²) >= 11 is 6.62. The van der Waals surface area contributed by atoms with Gasteiger partial charge in [-0.3, -0.25) is 19.7 Å². The van der Waals surface area contributed by atoms with Crippen molar-refractivity contribution in [1.29, 1.82) is 0 Å². The maximum Gasteiger partial charge on any atom is 0.322 e. The van der Waals surface area contributed by atoms with Crippen molar-refractivity contribution in [1.82, 2.24) is 5.32 Å². The molecule has 0 bridgehead atoms. The lowest BCUT2D eigenvalue weighted by Gasteiger charge is -2.53. The van der Waals surface area contributed by atoms with E-state index in [0.717, 1.165) is 11.1 Å². The van der Waals surface area contributed by atoms with Crippen LogP contribution in [-0.4, -0.2) is 49.4 Å². The molecule has 1 saturated carbocycles. The van der Waals surface area contributed by atoms with Crippen LogP contribution in [0.4, 0.5) is 0 Å². The molecule has 5 rings (SSSR count). The first kappa shape index (κ1) is 23.8. The smallest absolute Gasteiger partial charge is 0.322 e. The van der Waals surface area contributed by atoms with Crippen LogP contribution < -0.4 is 14.8 Å². The Balaban J connectivity index is 1.69. The number of hydrogen-bond donors (Lipinski definition) is 1. The van der Waals surface area contributed by atoms with Gasteiger partial charge in [0.05, 0.1) is 25.3 Å². The summed E-state index contributed by atoms with van der Waals surface area (Å²) < 4.78 is 17.2. The number of nitrogens with one attached hydrogen (secondary N) is 1. The lowest BCUT2D eigenvalue weighted by molar-refractivity contribution is -0.151. The van der Waals surface area contributed by atoms with E-state index >= 15 is 0 Å². The number of halogens is 1. The van der Waals surface area contributed by atoms with Crippen molar-refractivity contribution in [3.8, 4) is 11.5 Å². The topological polar surface area (TPSA) is 90.9 Å². The number of carbonyl (C=O) groups excluding carboxylic acids is 3. The highest BCUT2D eigenvalue weighted by Gasteiger charge is 2.67. The van der Waals surface area contributed by atoms with Gasteiger partial charge in [-0.25, -0.2) is 0 Å². The molecule has 1 aliphatic carbocycles. The summed E-state index contributed by atoms with van der Waals surface area (Å²) in [5, 5.41) is 3.65. The first-order valence-electron chi connectivity index (χ1n) is 11.8. The quantitative estimate of drug-likeness (QED) is 0.643. The number of ketones is 2.